The van der Waals surface area contributed by atoms with E-state index in [1.54, 1.807) is 0 Å². The van der Waals surface area contributed by atoms with E-state index in [1.807, 2.05) is 121 Å². The largest absolute Gasteiger partial charge is 0.455 e. The molecule has 12 aromatic carbocycles. The van der Waals surface area contributed by atoms with Crippen molar-refractivity contribution in [3.8, 4) is 22.3 Å². The fourth-order valence-corrected chi connectivity index (χ4v) is 15.4. The van der Waals surface area contributed by atoms with Gasteiger partial charge in [-0.1, -0.05) is 177 Å². The lowest BCUT2D eigenvalue weighted by molar-refractivity contribution is 0.621. The molecule has 4 nitrogen and oxygen atoms in total. The van der Waals surface area contributed by atoms with Gasteiger partial charge in [-0.3, -0.25) is 0 Å². The summed E-state index contributed by atoms with van der Waals surface area (Å²) in [5, 5.41) is 7.98. The summed E-state index contributed by atoms with van der Waals surface area (Å²) in [7, 11) is 0. The lowest BCUT2D eigenvalue weighted by atomic mass is 9.67. The zero-order valence-corrected chi connectivity index (χ0v) is 47.0. The standard InChI is InChI=1S/C37H18Br2F2O2.C37H20F2O2/c38-27-17-25-33(35-31(27)23-5-1-3-7-29(23)42-35)34-26(18-28(39)32-24-6-2-4-8-30(24)43-36(32)34)37(25,19-9-13-21(40)14-10-19)20-11-15-22(41)16-12-20;38-23-13-9-21(10-14-23)37(22-11-15-24(39)16-12-22)29-19-17-27-25-5-1-3-7-31(25)40-35(27)33(29)34-30(37)20-18-28-26-6-2-4-8-32(26)41-36(28)34/h1-18H;1-20H. The minimum atomic E-state index is -0.947. The highest BCUT2D eigenvalue weighted by Gasteiger charge is 2.51. The lowest BCUT2D eigenvalue weighted by Crippen LogP contribution is -2.28. The average molecular weight is 1230 g/mol. The molecule has 0 spiro atoms. The Morgan fingerprint density at radius 3 is 0.881 bits per heavy atom. The van der Waals surface area contributed by atoms with E-state index in [2.05, 4.69) is 92.5 Å². The quantitative estimate of drug-likeness (QED) is 0.165. The maximum atomic E-state index is 14.4. The molecule has 2 aliphatic carbocycles. The predicted octanol–water partition coefficient (Wildman–Crippen LogP) is 21.8. The van der Waals surface area contributed by atoms with Crippen LogP contribution in [0.15, 0.2) is 257 Å². The fraction of sp³-hybridized carbons (Fsp3) is 0.0270. The summed E-state index contributed by atoms with van der Waals surface area (Å²) in [4.78, 5) is 0. The van der Waals surface area contributed by atoms with Crippen molar-refractivity contribution in [2.75, 3.05) is 0 Å². The third-order valence-electron chi connectivity index (χ3n) is 17.5. The van der Waals surface area contributed by atoms with Crippen LogP contribution in [0.3, 0.4) is 0 Å². The van der Waals surface area contributed by atoms with Crippen LogP contribution in [0.1, 0.15) is 44.5 Å². The van der Waals surface area contributed by atoms with Crippen molar-refractivity contribution >= 4 is 120 Å². The highest BCUT2D eigenvalue weighted by Crippen LogP contribution is 2.64. The number of halogens is 6. The number of rotatable bonds is 4. The van der Waals surface area contributed by atoms with E-state index in [9.17, 15) is 17.6 Å². The van der Waals surface area contributed by atoms with Gasteiger partial charge in [-0.2, -0.15) is 0 Å². The van der Waals surface area contributed by atoms with Gasteiger partial charge in [-0.05, 0) is 129 Å². The molecular formula is C74H38Br2F4O4. The molecule has 0 radical (unpaired) electrons. The summed E-state index contributed by atoms with van der Waals surface area (Å²) in [6, 6.07) is 71.1. The summed E-state index contributed by atoms with van der Waals surface area (Å²) in [6.45, 7) is 0. The number of fused-ring (bicyclic) bond motifs is 22. The van der Waals surface area contributed by atoms with E-state index in [0.29, 0.717) is 0 Å². The summed E-state index contributed by atoms with van der Waals surface area (Å²) in [5.74, 6) is -1.30. The zero-order chi connectivity index (χ0) is 56.3. The average Bonchev–Trinajstić information content (AvgIpc) is 2.10. The van der Waals surface area contributed by atoms with Gasteiger partial charge < -0.3 is 17.7 Å². The summed E-state index contributed by atoms with van der Waals surface area (Å²) < 4.78 is 85.8. The first kappa shape index (κ1) is 49.2. The van der Waals surface area contributed by atoms with Crippen LogP contribution >= 0.6 is 31.9 Å². The summed E-state index contributed by atoms with van der Waals surface area (Å²) >= 11 is 7.79. The van der Waals surface area contributed by atoms with Gasteiger partial charge in [-0.15, -0.1) is 0 Å². The van der Waals surface area contributed by atoms with Gasteiger partial charge in [-0.25, -0.2) is 17.6 Å². The minimum Gasteiger partial charge on any atom is -0.455 e. The van der Waals surface area contributed by atoms with Gasteiger partial charge >= 0.3 is 0 Å². The second-order valence-electron chi connectivity index (χ2n) is 21.6. The number of benzene rings is 12. The molecule has 4 heterocycles. The van der Waals surface area contributed by atoms with Crippen LogP contribution in [0.25, 0.3) is 110 Å². The van der Waals surface area contributed by atoms with Gasteiger partial charge in [0.15, 0.2) is 0 Å². The number of hydrogen-bond acceptors (Lipinski definition) is 4. The molecule has 10 heteroatoms. The molecule has 0 atom stereocenters. The Kier molecular flexibility index (Phi) is 10.5. The first-order chi connectivity index (χ1) is 41.1. The van der Waals surface area contributed by atoms with Crippen LogP contribution < -0.4 is 0 Å². The maximum Gasteiger partial charge on any atom is 0.144 e. The van der Waals surface area contributed by atoms with Crippen molar-refractivity contribution in [1.29, 1.82) is 0 Å². The monoisotopic (exact) mass is 1220 g/mol. The minimum absolute atomic E-state index is 0.318. The molecule has 0 aliphatic heterocycles. The van der Waals surface area contributed by atoms with Gasteiger partial charge in [0.1, 0.15) is 67.9 Å². The Bertz CT molecular complexity index is 5100. The third-order valence-corrected chi connectivity index (χ3v) is 18.8. The van der Waals surface area contributed by atoms with Crippen LogP contribution in [0.5, 0.6) is 0 Å². The lowest BCUT2D eigenvalue weighted by Gasteiger charge is -2.34. The van der Waals surface area contributed by atoms with Crippen LogP contribution in [0.4, 0.5) is 17.6 Å². The molecule has 4 aromatic heterocycles. The second kappa shape index (κ2) is 18.0. The maximum absolute atomic E-state index is 14.4. The number of furan rings is 4. The van der Waals surface area contributed by atoms with E-state index in [1.165, 1.54) is 48.5 Å². The van der Waals surface area contributed by atoms with Crippen molar-refractivity contribution in [3.05, 3.63) is 307 Å². The fourth-order valence-electron chi connectivity index (χ4n) is 14.2. The first-order valence-electron chi connectivity index (χ1n) is 27.3. The molecule has 84 heavy (non-hydrogen) atoms. The van der Waals surface area contributed by atoms with E-state index in [0.717, 1.165) is 163 Å². The summed E-state index contributed by atoms with van der Waals surface area (Å²) in [5.41, 5.74) is 15.2. The van der Waals surface area contributed by atoms with E-state index >= 15 is 0 Å². The van der Waals surface area contributed by atoms with Crippen LogP contribution in [0.2, 0.25) is 0 Å². The molecule has 0 bridgehead atoms. The van der Waals surface area contributed by atoms with E-state index < -0.39 is 10.8 Å². The molecule has 0 saturated carbocycles. The Balaban J connectivity index is 0.000000132. The summed E-state index contributed by atoms with van der Waals surface area (Å²) in [6.07, 6.45) is 0. The van der Waals surface area contributed by atoms with Crippen molar-refractivity contribution in [2.45, 2.75) is 10.8 Å². The molecular weight excluding hydrogens is 1190 g/mol. The number of hydrogen-bond donors (Lipinski definition) is 0. The second-order valence-corrected chi connectivity index (χ2v) is 23.3. The first-order valence-corrected chi connectivity index (χ1v) is 28.9. The van der Waals surface area contributed by atoms with E-state index in [-0.39, 0.29) is 23.3 Å². The molecule has 0 unspecified atom stereocenters. The zero-order valence-electron chi connectivity index (χ0n) is 43.8. The highest BCUT2D eigenvalue weighted by molar-refractivity contribution is 9.11. The molecule has 0 N–H and O–H groups in total. The smallest absolute Gasteiger partial charge is 0.144 e. The van der Waals surface area contributed by atoms with Gasteiger partial charge in [0.25, 0.3) is 0 Å². The molecule has 0 saturated heterocycles. The Morgan fingerprint density at radius 2 is 0.536 bits per heavy atom. The Hall–Kier alpha value is -9.48. The third kappa shape index (κ3) is 6.63. The normalized spacial score (nSPS) is 13.8. The molecule has 400 valence electrons. The molecule has 0 amide bonds. The van der Waals surface area contributed by atoms with Crippen molar-refractivity contribution in [3.63, 3.8) is 0 Å². The molecule has 2 aliphatic rings. The Morgan fingerprint density at radius 1 is 0.262 bits per heavy atom. The van der Waals surface area contributed by atoms with Crippen LogP contribution in [-0.2, 0) is 10.8 Å². The predicted molar refractivity (Wildman–Crippen MR) is 332 cm³/mol. The van der Waals surface area contributed by atoms with Gasteiger partial charge in [0, 0.05) is 74.3 Å². The molecule has 0 fully saturated rings. The number of para-hydroxylation sites is 4. The van der Waals surface area contributed by atoms with E-state index in [4.69, 9.17) is 17.7 Å². The van der Waals surface area contributed by atoms with Crippen molar-refractivity contribution < 1.29 is 35.2 Å². The van der Waals surface area contributed by atoms with Crippen molar-refractivity contribution in [2.24, 2.45) is 0 Å². The van der Waals surface area contributed by atoms with Gasteiger partial charge in [0.2, 0.25) is 0 Å². The van der Waals surface area contributed by atoms with Crippen LogP contribution in [-0.4, -0.2) is 0 Å². The topological polar surface area (TPSA) is 52.6 Å². The van der Waals surface area contributed by atoms with Crippen molar-refractivity contribution in [1.82, 2.24) is 0 Å². The highest BCUT2D eigenvalue weighted by atomic mass is 79.9. The Labute approximate surface area is 492 Å². The SMILES string of the molecule is Fc1ccc(C2(c3ccc(F)cc3)c3cc(Br)c4c(oc5ccccc54)c3-c3c2cc(Br)c2c3oc3ccccc32)cc1.Fc1ccc(C2(c3ccc(F)cc3)c3ccc4c(oc5ccccc54)c3-c3c2ccc2c3oc3ccccc32)cc1. The molecule has 16 aromatic rings. The van der Waals surface area contributed by atoms with Crippen LogP contribution in [0, 0.1) is 23.3 Å². The van der Waals surface area contributed by atoms with Gasteiger partial charge in [0.05, 0.1) is 10.8 Å². The molecule has 18 rings (SSSR count).